The zero-order chi connectivity index (χ0) is 10.9. The minimum atomic E-state index is -0.899. The quantitative estimate of drug-likeness (QED) is 0.291. The normalized spacial score (nSPS) is 29.8. The summed E-state index contributed by atoms with van der Waals surface area (Å²) in [6.45, 7) is 9.03. The van der Waals surface area contributed by atoms with E-state index in [0.29, 0.717) is 0 Å². The number of ether oxygens (including phenoxy) is 1. The smallest absolute Gasteiger partial charge is 0.342 e. The van der Waals surface area contributed by atoms with Gasteiger partial charge in [0.2, 0.25) is 0 Å². The molecule has 3 nitrogen and oxygen atoms in total. The predicted octanol–water partition coefficient (Wildman–Crippen LogP) is 1.84. The van der Waals surface area contributed by atoms with Crippen LogP contribution in [0.2, 0.25) is 0 Å². The first-order chi connectivity index (χ1) is 6.44. The Morgan fingerprint density at radius 3 is 2.43 bits per heavy atom. The fourth-order valence-corrected chi connectivity index (χ4v) is 1.53. The number of hydrogen-bond donors (Lipinski definition) is 0. The van der Waals surface area contributed by atoms with Gasteiger partial charge in [0, 0.05) is 5.57 Å². The van der Waals surface area contributed by atoms with Crippen molar-refractivity contribution in [3.05, 3.63) is 24.3 Å². The highest BCUT2D eigenvalue weighted by Crippen LogP contribution is 2.41. The maximum Gasteiger partial charge on any atom is 0.342 e. The van der Waals surface area contributed by atoms with Crippen LogP contribution < -0.4 is 0 Å². The zero-order valence-corrected chi connectivity index (χ0v) is 8.66. The molecule has 2 atom stereocenters. The third-order valence-electron chi connectivity index (χ3n) is 2.87. The Balaban J connectivity index is 3.09. The number of allylic oxidation sites excluding steroid dienone is 2. The molecule has 0 N–H and O–H groups in total. The summed E-state index contributed by atoms with van der Waals surface area (Å²) in [4.78, 5) is 22.6. The average Bonchev–Trinajstić information content (AvgIpc) is 2.32. The van der Waals surface area contributed by atoms with Crippen molar-refractivity contribution in [3.63, 3.8) is 0 Å². The minimum absolute atomic E-state index is 0.0843. The van der Waals surface area contributed by atoms with Crippen molar-refractivity contribution in [3.8, 4) is 0 Å². The molecule has 2 unspecified atom stereocenters. The van der Waals surface area contributed by atoms with E-state index in [4.69, 9.17) is 0 Å². The number of esters is 2. The van der Waals surface area contributed by atoms with Crippen LogP contribution in [0, 0.1) is 11.3 Å². The molecule has 1 saturated heterocycles. The zero-order valence-electron chi connectivity index (χ0n) is 8.66. The van der Waals surface area contributed by atoms with Gasteiger partial charge in [0.15, 0.2) is 0 Å². The summed E-state index contributed by atoms with van der Waals surface area (Å²) in [6.07, 6.45) is 3.71. The third-order valence-corrected chi connectivity index (χ3v) is 2.87. The molecule has 0 amide bonds. The summed E-state index contributed by atoms with van der Waals surface area (Å²) in [5.74, 6) is -1.19. The van der Waals surface area contributed by atoms with Gasteiger partial charge >= 0.3 is 11.9 Å². The molecule has 0 spiro atoms. The molecular formula is C11H14O3. The number of carbonyl (C=O) groups is 2. The first-order valence-corrected chi connectivity index (χ1v) is 4.53. The van der Waals surface area contributed by atoms with Crippen molar-refractivity contribution in [2.45, 2.75) is 20.8 Å². The maximum atomic E-state index is 11.5. The summed E-state index contributed by atoms with van der Waals surface area (Å²) < 4.78 is 4.55. The van der Waals surface area contributed by atoms with Crippen LogP contribution in [-0.4, -0.2) is 11.9 Å². The highest BCUT2D eigenvalue weighted by Gasteiger charge is 2.51. The lowest BCUT2D eigenvalue weighted by molar-refractivity contribution is -0.155. The van der Waals surface area contributed by atoms with Crippen molar-refractivity contribution >= 4 is 11.9 Å². The Hall–Kier alpha value is -1.38. The van der Waals surface area contributed by atoms with E-state index in [-0.39, 0.29) is 11.5 Å². The van der Waals surface area contributed by atoms with E-state index in [1.807, 2.05) is 26.0 Å². The van der Waals surface area contributed by atoms with E-state index in [2.05, 4.69) is 11.3 Å². The largest absolute Gasteiger partial charge is 0.389 e. The van der Waals surface area contributed by atoms with Crippen LogP contribution in [0.25, 0.3) is 0 Å². The van der Waals surface area contributed by atoms with E-state index in [9.17, 15) is 9.59 Å². The van der Waals surface area contributed by atoms with Crippen molar-refractivity contribution < 1.29 is 14.3 Å². The molecule has 0 saturated carbocycles. The SMILES string of the molecule is C=C1C(=O)OC(=O)C1(C)C(C)/C=C\C. The van der Waals surface area contributed by atoms with E-state index < -0.39 is 17.4 Å². The lowest BCUT2D eigenvalue weighted by Crippen LogP contribution is -2.30. The Bertz CT molecular complexity index is 327. The molecule has 1 heterocycles. The van der Waals surface area contributed by atoms with Crippen LogP contribution in [0.4, 0.5) is 0 Å². The van der Waals surface area contributed by atoms with Gasteiger partial charge < -0.3 is 4.74 Å². The number of rotatable bonds is 2. The molecule has 0 aromatic heterocycles. The molecule has 0 aliphatic carbocycles. The molecule has 1 aliphatic heterocycles. The Morgan fingerprint density at radius 1 is 1.50 bits per heavy atom. The highest BCUT2D eigenvalue weighted by molar-refractivity contribution is 6.09. The van der Waals surface area contributed by atoms with Crippen LogP contribution in [-0.2, 0) is 14.3 Å². The monoisotopic (exact) mass is 194 g/mol. The van der Waals surface area contributed by atoms with Gasteiger partial charge in [-0.15, -0.1) is 0 Å². The lowest BCUT2D eigenvalue weighted by Gasteiger charge is -2.24. The Labute approximate surface area is 83.4 Å². The molecule has 1 aliphatic rings. The second kappa shape index (κ2) is 3.40. The van der Waals surface area contributed by atoms with Crippen LogP contribution in [0.5, 0.6) is 0 Å². The summed E-state index contributed by atoms with van der Waals surface area (Å²) in [5.41, 5.74) is -0.656. The predicted molar refractivity (Wildman–Crippen MR) is 52.3 cm³/mol. The van der Waals surface area contributed by atoms with Crippen molar-refractivity contribution in [2.24, 2.45) is 11.3 Å². The highest BCUT2D eigenvalue weighted by atomic mass is 16.6. The van der Waals surface area contributed by atoms with Crippen LogP contribution in [0.15, 0.2) is 24.3 Å². The molecule has 3 heteroatoms. The van der Waals surface area contributed by atoms with Crippen molar-refractivity contribution in [1.29, 1.82) is 0 Å². The van der Waals surface area contributed by atoms with Gasteiger partial charge in [-0.25, -0.2) is 4.79 Å². The van der Waals surface area contributed by atoms with Crippen molar-refractivity contribution in [2.75, 3.05) is 0 Å². The molecule has 0 bridgehead atoms. The Kier molecular flexibility index (Phi) is 2.60. The second-order valence-electron chi connectivity index (χ2n) is 3.67. The van der Waals surface area contributed by atoms with Crippen LogP contribution >= 0.6 is 0 Å². The standard InChI is InChI=1S/C11H14O3/c1-5-6-7(2)11(4)8(3)9(12)14-10(11)13/h5-7H,3H2,1-2,4H3/b6-5-. The van der Waals surface area contributed by atoms with E-state index in [1.165, 1.54) is 0 Å². The summed E-state index contributed by atoms with van der Waals surface area (Å²) >= 11 is 0. The van der Waals surface area contributed by atoms with Gasteiger partial charge in [0.05, 0.1) is 0 Å². The van der Waals surface area contributed by atoms with Gasteiger partial charge in [-0.3, -0.25) is 4.79 Å². The van der Waals surface area contributed by atoms with E-state index in [1.54, 1.807) is 6.92 Å². The van der Waals surface area contributed by atoms with E-state index in [0.717, 1.165) is 0 Å². The lowest BCUT2D eigenvalue weighted by atomic mass is 9.74. The van der Waals surface area contributed by atoms with Crippen molar-refractivity contribution in [1.82, 2.24) is 0 Å². The Morgan fingerprint density at radius 2 is 2.07 bits per heavy atom. The van der Waals surface area contributed by atoms with Gasteiger partial charge in [-0.1, -0.05) is 25.7 Å². The number of cyclic esters (lactones) is 2. The molecule has 0 radical (unpaired) electrons. The maximum absolute atomic E-state index is 11.5. The fourth-order valence-electron chi connectivity index (χ4n) is 1.53. The van der Waals surface area contributed by atoms with E-state index >= 15 is 0 Å². The van der Waals surface area contributed by atoms with Gasteiger partial charge in [0.1, 0.15) is 5.41 Å². The topological polar surface area (TPSA) is 43.4 Å². The summed E-state index contributed by atoms with van der Waals surface area (Å²) in [7, 11) is 0. The van der Waals surface area contributed by atoms with Gasteiger partial charge in [-0.05, 0) is 19.8 Å². The fraction of sp³-hybridized carbons (Fsp3) is 0.455. The molecule has 1 fully saturated rings. The summed E-state index contributed by atoms with van der Waals surface area (Å²) in [5, 5.41) is 0. The van der Waals surface area contributed by atoms with Gasteiger partial charge in [0.25, 0.3) is 0 Å². The molecule has 76 valence electrons. The number of hydrogen-bond acceptors (Lipinski definition) is 3. The number of carbonyl (C=O) groups excluding carboxylic acids is 2. The first-order valence-electron chi connectivity index (χ1n) is 4.53. The van der Waals surface area contributed by atoms with Crippen LogP contribution in [0.1, 0.15) is 20.8 Å². The minimum Gasteiger partial charge on any atom is -0.389 e. The van der Waals surface area contributed by atoms with Crippen LogP contribution in [0.3, 0.4) is 0 Å². The molecule has 0 aromatic rings. The molecule has 1 rings (SSSR count). The first kappa shape index (κ1) is 10.7. The molecule has 0 aromatic carbocycles. The third kappa shape index (κ3) is 1.29. The molecule has 14 heavy (non-hydrogen) atoms. The summed E-state index contributed by atoms with van der Waals surface area (Å²) in [6, 6.07) is 0. The van der Waals surface area contributed by atoms with Gasteiger partial charge in [-0.2, -0.15) is 0 Å². The second-order valence-corrected chi connectivity index (χ2v) is 3.67. The average molecular weight is 194 g/mol. The molecular weight excluding hydrogens is 180 g/mol.